The van der Waals surface area contributed by atoms with E-state index in [0.29, 0.717) is 42.4 Å². The van der Waals surface area contributed by atoms with Crippen LogP contribution in [0.1, 0.15) is 65.2 Å². The molecule has 0 aromatic carbocycles. The Morgan fingerprint density at radius 1 is 1.20 bits per heavy atom. The Hall–Kier alpha value is -1.72. The molecule has 3 aliphatic rings. The molecule has 0 bridgehead atoms. The second kappa shape index (κ2) is 12.5. The minimum absolute atomic E-state index is 0.00575. The average molecular weight is 483 g/mol. The summed E-state index contributed by atoms with van der Waals surface area (Å²) >= 11 is 0. The highest BCUT2D eigenvalue weighted by molar-refractivity contribution is 5.38. The molecule has 3 N–H and O–H groups in total. The summed E-state index contributed by atoms with van der Waals surface area (Å²) in [6, 6.07) is 0. The van der Waals surface area contributed by atoms with E-state index in [9.17, 15) is 15.3 Å². The van der Waals surface area contributed by atoms with Crippen molar-refractivity contribution in [2.45, 2.75) is 83.5 Å². The Labute approximate surface area is 212 Å². The standard InChI is InChI=1S/C31H46O4/c1-21(20-32)17-27(35-5)11-7-6-9-22(2)28-14-15-29-24(10-8-16-31(28,29)4)12-13-25-18-26(33)19-30(34)23(25)3/h6-7,9,11-13,22,26-30,32-34H,1,3,8,10,14-20H2,2,4-5H3/b9-6+,11-7+,24-12+,25-13-/t22-,26-,27?,28-,29+,30+,31-/m1/s1. The molecule has 0 aliphatic heterocycles. The van der Waals surface area contributed by atoms with E-state index >= 15 is 0 Å². The molecule has 0 spiro atoms. The van der Waals surface area contributed by atoms with Crippen molar-refractivity contribution >= 4 is 0 Å². The fraction of sp³-hybridized carbons (Fsp3) is 0.613. The van der Waals surface area contributed by atoms with Crippen LogP contribution in [0.4, 0.5) is 0 Å². The number of aliphatic hydroxyl groups is 3. The van der Waals surface area contributed by atoms with Crippen LogP contribution >= 0.6 is 0 Å². The number of rotatable bonds is 9. The predicted molar refractivity (Wildman–Crippen MR) is 144 cm³/mol. The largest absolute Gasteiger partial charge is 0.393 e. The smallest absolute Gasteiger partial charge is 0.0811 e. The Kier molecular flexibility index (Phi) is 9.94. The highest BCUT2D eigenvalue weighted by Gasteiger charge is 2.50. The van der Waals surface area contributed by atoms with Gasteiger partial charge in [0.2, 0.25) is 0 Å². The third-order valence-electron chi connectivity index (χ3n) is 8.80. The molecule has 0 heterocycles. The minimum atomic E-state index is -0.634. The zero-order valence-corrected chi connectivity index (χ0v) is 22.0. The van der Waals surface area contributed by atoms with Gasteiger partial charge in [-0.25, -0.2) is 0 Å². The van der Waals surface area contributed by atoms with Gasteiger partial charge in [0.15, 0.2) is 0 Å². The maximum Gasteiger partial charge on any atom is 0.0811 e. The Morgan fingerprint density at radius 2 is 1.94 bits per heavy atom. The lowest BCUT2D eigenvalue weighted by atomic mass is 9.61. The minimum Gasteiger partial charge on any atom is -0.393 e. The van der Waals surface area contributed by atoms with Crippen LogP contribution in [0.25, 0.3) is 0 Å². The fourth-order valence-corrected chi connectivity index (χ4v) is 6.75. The molecular weight excluding hydrogens is 436 g/mol. The van der Waals surface area contributed by atoms with Gasteiger partial charge in [-0.3, -0.25) is 0 Å². The zero-order chi connectivity index (χ0) is 25.6. The second-order valence-electron chi connectivity index (χ2n) is 11.2. The van der Waals surface area contributed by atoms with Crippen molar-refractivity contribution in [3.05, 3.63) is 71.9 Å². The van der Waals surface area contributed by atoms with Crippen molar-refractivity contribution in [1.29, 1.82) is 0 Å². The number of fused-ring (bicyclic) bond motifs is 1. The van der Waals surface area contributed by atoms with Gasteiger partial charge in [0.1, 0.15) is 0 Å². The molecule has 7 atom stereocenters. The Bertz CT molecular complexity index is 878. The summed E-state index contributed by atoms with van der Waals surface area (Å²) in [5, 5.41) is 29.4. The van der Waals surface area contributed by atoms with E-state index in [2.05, 4.69) is 57.4 Å². The Balaban J connectivity index is 1.67. The van der Waals surface area contributed by atoms with Gasteiger partial charge in [0, 0.05) is 20.0 Å². The van der Waals surface area contributed by atoms with Gasteiger partial charge in [-0.1, -0.05) is 69.0 Å². The molecule has 0 saturated heterocycles. The van der Waals surface area contributed by atoms with Crippen molar-refractivity contribution < 1.29 is 20.1 Å². The fourth-order valence-electron chi connectivity index (χ4n) is 6.75. The van der Waals surface area contributed by atoms with Crippen LogP contribution in [0, 0.1) is 23.2 Å². The van der Waals surface area contributed by atoms with E-state index < -0.39 is 12.2 Å². The first-order chi connectivity index (χ1) is 16.7. The van der Waals surface area contributed by atoms with Gasteiger partial charge in [-0.05, 0) is 78.4 Å². The average Bonchev–Trinajstić information content (AvgIpc) is 3.19. The van der Waals surface area contributed by atoms with Gasteiger partial charge < -0.3 is 20.1 Å². The summed E-state index contributed by atoms with van der Waals surface area (Å²) in [5.41, 5.74) is 4.36. The molecule has 35 heavy (non-hydrogen) atoms. The topological polar surface area (TPSA) is 69.9 Å². The van der Waals surface area contributed by atoms with Gasteiger partial charge in [-0.15, -0.1) is 0 Å². The van der Waals surface area contributed by atoms with Crippen molar-refractivity contribution in [3.8, 4) is 0 Å². The summed E-state index contributed by atoms with van der Waals surface area (Å²) in [5.74, 6) is 1.73. The SMILES string of the molecule is C=C(CO)CC(/C=C/C=C/[C@@H](C)[C@H]1CC[C@H]2/C(=C/C=C3/C[C@@H](O)C[C@H](O)C3=C)CCC[C@]12C)OC. The molecule has 3 aliphatic carbocycles. The molecule has 0 amide bonds. The van der Waals surface area contributed by atoms with E-state index in [1.54, 1.807) is 7.11 Å². The third kappa shape index (κ3) is 6.74. The number of hydrogen-bond donors (Lipinski definition) is 3. The van der Waals surface area contributed by atoms with Crippen LogP contribution in [0.3, 0.4) is 0 Å². The summed E-state index contributed by atoms with van der Waals surface area (Å²) in [6.07, 6.45) is 19.5. The molecule has 0 aromatic heterocycles. The van der Waals surface area contributed by atoms with Crippen molar-refractivity contribution in [2.24, 2.45) is 23.2 Å². The van der Waals surface area contributed by atoms with Crippen molar-refractivity contribution in [2.75, 3.05) is 13.7 Å². The van der Waals surface area contributed by atoms with E-state index in [1.165, 1.54) is 31.3 Å². The first kappa shape index (κ1) is 27.9. The van der Waals surface area contributed by atoms with Crippen molar-refractivity contribution in [3.63, 3.8) is 0 Å². The molecule has 0 radical (unpaired) electrons. The highest BCUT2D eigenvalue weighted by atomic mass is 16.5. The van der Waals surface area contributed by atoms with E-state index in [1.807, 2.05) is 6.08 Å². The molecule has 4 nitrogen and oxygen atoms in total. The maximum absolute atomic E-state index is 10.2. The predicted octanol–water partition coefficient (Wildman–Crippen LogP) is 5.83. The second-order valence-corrected chi connectivity index (χ2v) is 11.2. The highest BCUT2D eigenvalue weighted by Crippen LogP contribution is 2.59. The number of aliphatic hydroxyl groups excluding tert-OH is 3. The molecule has 194 valence electrons. The first-order valence-electron chi connectivity index (χ1n) is 13.3. The normalized spacial score (nSPS) is 35.8. The molecule has 0 aromatic rings. The van der Waals surface area contributed by atoms with Crippen LogP contribution < -0.4 is 0 Å². The Morgan fingerprint density at radius 3 is 2.66 bits per heavy atom. The van der Waals surface area contributed by atoms with Gasteiger partial charge in [0.25, 0.3) is 0 Å². The maximum atomic E-state index is 10.2. The summed E-state index contributed by atoms with van der Waals surface area (Å²) < 4.78 is 5.48. The molecular formula is C31H46O4. The van der Waals surface area contributed by atoms with E-state index in [0.717, 1.165) is 23.1 Å². The van der Waals surface area contributed by atoms with Crippen LogP contribution in [0.15, 0.2) is 71.9 Å². The van der Waals surface area contributed by atoms with Gasteiger partial charge in [-0.2, -0.15) is 0 Å². The molecule has 1 unspecified atom stereocenters. The summed E-state index contributed by atoms with van der Waals surface area (Å²) in [6.45, 7) is 12.8. The zero-order valence-electron chi connectivity index (χ0n) is 22.0. The number of methoxy groups -OCH3 is 1. The van der Waals surface area contributed by atoms with Crippen LogP contribution in [0.5, 0.6) is 0 Å². The monoisotopic (exact) mass is 482 g/mol. The van der Waals surface area contributed by atoms with Crippen LogP contribution in [-0.4, -0.2) is 47.3 Å². The van der Waals surface area contributed by atoms with Crippen LogP contribution in [-0.2, 0) is 4.74 Å². The van der Waals surface area contributed by atoms with Gasteiger partial charge >= 0.3 is 0 Å². The van der Waals surface area contributed by atoms with E-state index in [4.69, 9.17) is 4.74 Å². The lowest BCUT2D eigenvalue weighted by Gasteiger charge is -2.44. The molecule has 3 saturated carbocycles. The van der Waals surface area contributed by atoms with Crippen molar-refractivity contribution in [1.82, 2.24) is 0 Å². The molecule has 4 heteroatoms. The lowest BCUT2D eigenvalue weighted by Crippen LogP contribution is -2.35. The number of allylic oxidation sites excluding steroid dienone is 6. The quantitative estimate of drug-likeness (QED) is 0.286. The first-order valence-corrected chi connectivity index (χ1v) is 13.3. The third-order valence-corrected chi connectivity index (χ3v) is 8.80. The number of ether oxygens (including phenoxy) is 1. The van der Waals surface area contributed by atoms with Gasteiger partial charge in [0.05, 0.1) is 24.9 Å². The lowest BCUT2D eigenvalue weighted by molar-refractivity contribution is 0.0862. The molecule has 3 rings (SSSR count). The van der Waals surface area contributed by atoms with E-state index in [-0.39, 0.29) is 12.7 Å². The summed E-state index contributed by atoms with van der Waals surface area (Å²) in [7, 11) is 1.68. The van der Waals surface area contributed by atoms with Crippen LogP contribution in [0.2, 0.25) is 0 Å². The molecule has 3 fully saturated rings. The summed E-state index contributed by atoms with van der Waals surface area (Å²) in [4.78, 5) is 0. The number of hydrogen-bond acceptors (Lipinski definition) is 4.